The Hall–Kier alpha value is -1.47. The number of hydrogen-bond donors (Lipinski definition) is 1. The van der Waals surface area contributed by atoms with Gasteiger partial charge in [0.1, 0.15) is 6.10 Å². The highest BCUT2D eigenvalue weighted by Crippen LogP contribution is 2.13. The highest BCUT2D eigenvalue weighted by Gasteiger charge is 2.18. The van der Waals surface area contributed by atoms with E-state index in [4.69, 9.17) is 18.9 Å². The van der Waals surface area contributed by atoms with E-state index in [2.05, 4.69) is 5.32 Å². The average Bonchev–Trinajstić information content (AvgIpc) is 2.71. The fourth-order valence-electron chi connectivity index (χ4n) is 2.88. The molecule has 1 aliphatic heterocycles. The van der Waals surface area contributed by atoms with Crippen molar-refractivity contribution in [2.24, 2.45) is 0 Å². The van der Waals surface area contributed by atoms with Gasteiger partial charge in [-0.1, -0.05) is 24.3 Å². The molecule has 1 aromatic rings. The molecule has 0 spiro atoms. The van der Waals surface area contributed by atoms with Crippen molar-refractivity contribution in [2.75, 3.05) is 33.0 Å². The first-order valence-electron chi connectivity index (χ1n) is 9.93. The molecule has 2 atom stereocenters. The van der Waals surface area contributed by atoms with Crippen molar-refractivity contribution in [3.8, 4) is 0 Å². The van der Waals surface area contributed by atoms with Gasteiger partial charge in [-0.15, -0.1) is 0 Å². The fourth-order valence-corrected chi connectivity index (χ4v) is 2.88. The molecule has 0 bridgehead atoms. The summed E-state index contributed by atoms with van der Waals surface area (Å²) in [5.74, 6) is -0.107. The lowest BCUT2D eigenvalue weighted by Gasteiger charge is -2.23. The molecule has 6 heteroatoms. The van der Waals surface area contributed by atoms with Crippen molar-refractivity contribution in [3.63, 3.8) is 0 Å². The molecule has 0 aliphatic carbocycles. The Balaban J connectivity index is 1.66. The maximum atomic E-state index is 12.2. The lowest BCUT2D eigenvalue weighted by atomic mass is 10.1. The number of benzene rings is 1. The molecule has 1 saturated heterocycles. The molecule has 2 unspecified atom stereocenters. The highest BCUT2D eigenvalue weighted by molar-refractivity contribution is 5.80. The van der Waals surface area contributed by atoms with Crippen LogP contribution in [0.5, 0.6) is 0 Å². The Labute approximate surface area is 162 Å². The first kappa shape index (κ1) is 21.8. The summed E-state index contributed by atoms with van der Waals surface area (Å²) in [4.78, 5) is 12.2. The minimum atomic E-state index is -0.486. The normalized spacial score (nSPS) is 18.2. The van der Waals surface area contributed by atoms with Gasteiger partial charge < -0.3 is 24.3 Å². The highest BCUT2D eigenvalue weighted by atomic mass is 16.5. The zero-order chi connectivity index (χ0) is 19.3. The molecular weight excluding hydrogens is 346 g/mol. The Morgan fingerprint density at radius 1 is 1.26 bits per heavy atom. The molecule has 1 fully saturated rings. The van der Waals surface area contributed by atoms with E-state index in [1.54, 1.807) is 6.92 Å². The Morgan fingerprint density at radius 2 is 2.07 bits per heavy atom. The number of ether oxygens (including phenoxy) is 4. The Morgan fingerprint density at radius 3 is 2.85 bits per heavy atom. The number of hydrogen-bond acceptors (Lipinski definition) is 5. The zero-order valence-corrected chi connectivity index (χ0v) is 16.6. The molecule has 1 aromatic carbocycles. The lowest BCUT2D eigenvalue weighted by Crippen LogP contribution is -2.36. The summed E-state index contributed by atoms with van der Waals surface area (Å²) in [7, 11) is 0. The summed E-state index contributed by atoms with van der Waals surface area (Å²) < 4.78 is 22.1. The van der Waals surface area contributed by atoms with Gasteiger partial charge in [0.25, 0.3) is 0 Å². The molecule has 1 heterocycles. The molecule has 1 aliphatic rings. The van der Waals surface area contributed by atoms with E-state index in [0.29, 0.717) is 39.6 Å². The quantitative estimate of drug-likeness (QED) is 0.566. The van der Waals surface area contributed by atoms with Crippen LogP contribution in [0, 0.1) is 0 Å². The molecule has 27 heavy (non-hydrogen) atoms. The number of amides is 1. The average molecular weight is 379 g/mol. The van der Waals surface area contributed by atoms with Crippen LogP contribution in [0.2, 0.25) is 0 Å². The van der Waals surface area contributed by atoms with Gasteiger partial charge in [0.2, 0.25) is 5.91 Å². The second kappa shape index (κ2) is 12.8. The molecule has 1 amide bonds. The second-order valence-corrected chi connectivity index (χ2v) is 6.75. The molecule has 2 rings (SSSR count). The molecule has 0 radical (unpaired) electrons. The van der Waals surface area contributed by atoms with Gasteiger partial charge in [-0.25, -0.2) is 0 Å². The number of nitrogens with one attached hydrogen (secondary N) is 1. The van der Waals surface area contributed by atoms with Crippen LogP contribution in [0.4, 0.5) is 0 Å². The third-order valence-electron chi connectivity index (χ3n) is 4.48. The first-order chi connectivity index (χ1) is 13.2. The topological polar surface area (TPSA) is 66.0 Å². The van der Waals surface area contributed by atoms with E-state index in [9.17, 15) is 4.79 Å². The van der Waals surface area contributed by atoms with Crippen LogP contribution in [0.15, 0.2) is 24.3 Å². The maximum Gasteiger partial charge on any atom is 0.249 e. The largest absolute Gasteiger partial charge is 0.379 e. The standard InChI is InChI=1S/C21H33NO5/c1-3-24-11-12-25-15-19-8-6-7-18(13-19)14-22-21(23)17(2)27-16-20-9-4-5-10-26-20/h6-8,13,17,20H,3-5,9-12,14-16H2,1-2H3,(H,22,23). The van der Waals surface area contributed by atoms with Crippen LogP contribution in [-0.4, -0.2) is 51.1 Å². The summed E-state index contributed by atoms with van der Waals surface area (Å²) in [6.45, 7) is 7.91. The van der Waals surface area contributed by atoms with E-state index < -0.39 is 6.10 Å². The molecule has 6 nitrogen and oxygen atoms in total. The van der Waals surface area contributed by atoms with Gasteiger partial charge in [0.15, 0.2) is 0 Å². The van der Waals surface area contributed by atoms with Crippen LogP contribution < -0.4 is 5.32 Å². The summed E-state index contributed by atoms with van der Waals surface area (Å²) in [5, 5.41) is 2.93. The third-order valence-corrected chi connectivity index (χ3v) is 4.48. The summed E-state index contributed by atoms with van der Waals surface area (Å²) in [6, 6.07) is 8.03. The van der Waals surface area contributed by atoms with Crippen molar-refractivity contribution >= 4 is 5.91 Å². The van der Waals surface area contributed by atoms with E-state index in [-0.39, 0.29) is 12.0 Å². The predicted molar refractivity (Wildman–Crippen MR) is 103 cm³/mol. The smallest absolute Gasteiger partial charge is 0.249 e. The van der Waals surface area contributed by atoms with Crippen LogP contribution >= 0.6 is 0 Å². The summed E-state index contributed by atoms with van der Waals surface area (Å²) in [5.41, 5.74) is 2.12. The van der Waals surface area contributed by atoms with Gasteiger partial charge in [0.05, 0.1) is 32.5 Å². The molecule has 1 N–H and O–H groups in total. The summed E-state index contributed by atoms with van der Waals surface area (Å²) in [6.07, 6.45) is 2.92. The van der Waals surface area contributed by atoms with E-state index in [1.807, 2.05) is 31.2 Å². The molecule has 0 aromatic heterocycles. The summed E-state index contributed by atoms with van der Waals surface area (Å²) >= 11 is 0. The van der Waals surface area contributed by atoms with Crippen LogP contribution in [0.25, 0.3) is 0 Å². The predicted octanol–water partition coefficient (Wildman–Crippen LogP) is 2.83. The Kier molecular flexibility index (Phi) is 10.4. The SMILES string of the molecule is CCOCCOCc1cccc(CNC(=O)C(C)OCC2CCCCO2)c1. The number of carbonyl (C=O) groups is 1. The van der Waals surface area contributed by atoms with Crippen molar-refractivity contribution in [1.29, 1.82) is 0 Å². The van der Waals surface area contributed by atoms with Gasteiger partial charge >= 0.3 is 0 Å². The Bertz CT molecular complexity index is 545. The molecule has 152 valence electrons. The van der Waals surface area contributed by atoms with Crippen LogP contribution in [-0.2, 0) is 36.9 Å². The minimum absolute atomic E-state index is 0.107. The molecular formula is C21H33NO5. The monoisotopic (exact) mass is 379 g/mol. The maximum absolute atomic E-state index is 12.2. The van der Waals surface area contributed by atoms with Crippen molar-refractivity contribution < 1.29 is 23.7 Å². The van der Waals surface area contributed by atoms with Gasteiger partial charge in [-0.05, 0) is 44.2 Å². The fraction of sp³-hybridized carbons (Fsp3) is 0.667. The minimum Gasteiger partial charge on any atom is -0.379 e. The first-order valence-corrected chi connectivity index (χ1v) is 9.93. The van der Waals surface area contributed by atoms with Gasteiger partial charge in [-0.3, -0.25) is 4.79 Å². The lowest BCUT2D eigenvalue weighted by molar-refractivity contribution is -0.135. The van der Waals surface area contributed by atoms with Crippen LogP contribution in [0.1, 0.15) is 44.2 Å². The van der Waals surface area contributed by atoms with Crippen molar-refractivity contribution in [3.05, 3.63) is 35.4 Å². The van der Waals surface area contributed by atoms with E-state index in [0.717, 1.165) is 30.6 Å². The number of rotatable bonds is 12. The second-order valence-electron chi connectivity index (χ2n) is 6.75. The van der Waals surface area contributed by atoms with E-state index >= 15 is 0 Å². The molecule has 0 saturated carbocycles. The van der Waals surface area contributed by atoms with Crippen LogP contribution in [0.3, 0.4) is 0 Å². The zero-order valence-electron chi connectivity index (χ0n) is 16.6. The van der Waals surface area contributed by atoms with Gasteiger partial charge in [0, 0.05) is 19.8 Å². The van der Waals surface area contributed by atoms with Crippen molar-refractivity contribution in [2.45, 2.75) is 58.5 Å². The third kappa shape index (κ3) is 8.84. The number of carbonyl (C=O) groups excluding carboxylic acids is 1. The van der Waals surface area contributed by atoms with Gasteiger partial charge in [-0.2, -0.15) is 0 Å². The van der Waals surface area contributed by atoms with Crippen molar-refractivity contribution in [1.82, 2.24) is 5.32 Å². The van der Waals surface area contributed by atoms with E-state index in [1.165, 1.54) is 6.42 Å².